The fourth-order valence-corrected chi connectivity index (χ4v) is 4.60. The van der Waals surface area contributed by atoms with Crippen LogP contribution in [0.15, 0.2) is 48.5 Å². The highest BCUT2D eigenvalue weighted by Gasteiger charge is 2.37. The Morgan fingerprint density at radius 3 is 2.18 bits per heavy atom. The number of carboxylic acid groups (broad SMARTS) is 1. The summed E-state index contributed by atoms with van der Waals surface area (Å²) in [5.41, 5.74) is 3.35. The van der Waals surface area contributed by atoms with Crippen LogP contribution in [0.1, 0.15) is 36.3 Å². The zero-order chi connectivity index (χ0) is 24.1. The number of hydrogen-bond acceptors (Lipinski definition) is 6. The molecule has 9 nitrogen and oxygen atoms in total. The smallest absolute Gasteiger partial charge is 0.407 e. The molecule has 0 saturated carbocycles. The molecular weight excluding hydrogens is 440 g/mol. The number of ether oxygens (including phenoxy) is 2. The minimum absolute atomic E-state index is 0.0409. The van der Waals surface area contributed by atoms with Gasteiger partial charge in [-0.25, -0.2) is 4.79 Å². The zero-order valence-corrected chi connectivity index (χ0v) is 18.7. The van der Waals surface area contributed by atoms with E-state index in [1.54, 1.807) is 0 Å². The van der Waals surface area contributed by atoms with E-state index in [1.165, 1.54) is 0 Å². The van der Waals surface area contributed by atoms with Crippen LogP contribution in [-0.2, 0) is 19.1 Å². The van der Waals surface area contributed by atoms with Crippen molar-refractivity contribution in [3.8, 4) is 11.1 Å². The summed E-state index contributed by atoms with van der Waals surface area (Å²) in [7, 11) is 0. The molecule has 4 N–H and O–H groups in total. The van der Waals surface area contributed by atoms with E-state index in [0.29, 0.717) is 26.1 Å². The van der Waals surface area contributed by atoms with Gasteiger partial charge in [0.05, 0.1) is 18.6 Å². The van der Waals surface area contributed by atoms with Gasteiger partial charge in [-0.15, -0.1) is 0 Å². The molecule has 1 aliphatic heterocycles. The van der Waals surface area contributed by atoms with Crippen molar-refractivity contribution in [3.63, 3.8) is 0 Å². The largest absolute Gasteiger partial charge is 0.481 e. The van der Waals surface area contributed by atoms with E-state index in [4.69, 9.17) is 9.47 Å². The van der Waals surface area contributed by atoms with Gasteiger partial charge in [-0.3, -0.25) is 9.59 Å². The summed E-state index contributed by atoms with van der Waals surface area (Å²) in [6.45, 7) is 0.459. The number of benzene rings is 2. The van der Waals surface area contributed by atoms with E-state index in [1.807, 2.05) is 48.5 Å². The third kappa shape index (κ3) is 5.05. The number of fused-ring (bicyclic) bond motifs is 3. The fourth-order valence-electron chi connectivity index (χ4n) is 4.60. The lowest BCUT2D eigenvalue weighted by Crippen LogP contribution is -2.59. The van der Waals surface area contributed by atoms with Crippen molar-refractivity contribution < 1.29 is 34.1 Å². The molecule has 34 heavy (non-hydrogen) atoms. The number of carbonyl (C=O) groups excluding carboxylic acids is 2. The van der Waals surface area contributed by atoms with E-state index in [-0.39, 0.29) is 19.1 Å². The summed E-state index contributed by atoms with van der Waals surface area (Å²) in [6.07, 6.45) is -0.721. The van der Waals surface area contributed by atoms with Gasteiger partial charge in [-0.1, -0.05) is 48.5 Å². The van der Waals surface area contributed by atoms with Gasteiger partial charge in [0.25, 0.3) is 0 Å². The van der Waals surface area contributed by atoms with Crippen molar-refractivity contribution in [1.29, 1.82) is 0 Å². The standard InChI is InChI=1S/C25H28N2O7/c28-15-25(9-11-33-12-10-25)27-23(31)21(13-22(29)30)26-24(32)34-14-20-18-7-3-1-5-16(18)17-6-2-4-8-19(17)20/h1-8,20-21,28H,9-15H2,(H,26,32)(H,27,31)(H,29,30). The SMILES string of the molecule is O=C(O)CC(NC(=O)OCC1c2ccccc2-c2ccccc21)C(=O)NC1(CO)CCOCC1. The normalized spacial score (nSPS) is 17.2. The molecule has 0 radical (unpaired) electrons. The highest BCUT2D eigenvalue weighted by Crippen LogP contribution is 2.44. The van der Waals surface area contributed by atoms with Crippen LogP contribution in [0.2, 0.25) is 0 Å². The van der Waals surface area contributed by atoms with Gasteiger partial charge in [-0.05, 0) is 35.1 Å². The Hall–Kier alpha value is -3.43. The predicted molar refractivity (Wildman–Crippen MR) is 122 cm³/mol. The molecule has 1 heterocycles. The van der Waals surface area contributed by atoms with Gasteiger partial charge < -0.3 is 30.3 Å². The maximum Gasteiger partial charge on any atom is 0.407 e. The number of carbonyl (C=O) groups is 3. The van der Waals surface area contributed by atoms with Crippen molar-refractivity contribution in [2.24, 2.45) is 0 Å². The lowest BCUT2D eigenvalue weighted by Gasteiger charge is -2.37. The Morgan fingerprint density at radius 1 is 1.03 bits per heavy atom. The topological polar surface area (TPSA) is 134 Å². The van der Waals surface area contributed by atoms with Gasteiger partial charge in [-0.2, -0.15) is 0 Å². The van der Waals surface area contributed by atoms with E-state index in [2.05, 4.69) is 10.6 Å². The fraction of sp³-hybridized carbons (Fsp3) is 0.400. The Kier molecular flexibility index (Phi) is 7.14. The average molecular weight is 469 g/mol. The monoisotopic (exact) mass is 468 g/mol. The molecule has 2 aromatic carbocycles. The van der Waals surface area contributed by atoms with Crippen LogP contribution >= 0.6 is 0 Å². The van der Waals surface area contributed by atoms with E-state index >= 15 is 0 Å². The zero-order valence-electron chi connectivity index (χ0n) is 18.7. The number of nitrogens with one attached hydrogen (secondary N) is 2. The molecule has 0 spiro atoms. The molecule has 9 heteroatoms. The lowest BCUT2D eigenvalue weighted by molar-refractivity contribution is -0.140. The summed E-state index contributed by atoms with van der Waals surface area (Å²) < 4.78 is 10.7. The first kappa shape index (κ1) is 23.7. The molecule has 0 bridgehead atoms. The molecule has 1 saturated heterocycles. The van der Waals surface area contributed by atoms with Crippen LogP contribution in [0.25, 0.3) is 11.1 Å². The molecule has 1 unspecified atom stereocenters. The Labute approximate surface area is 197 Å². The van der Waals surface area contributed by atoms with Gasteiger partial charge >= 0.3 is 12.1 Å². The molecular formula is C25H28N2O7. The minimum atomic E-state index is -1.35. The lowest BCUT2D eigenvalue weighted by atomic mass is 9.90. The molecule has 2 aliphatic rings. The maximum atomic E-state index is 12.8. The first-order chi connectivity index (χ1) is 16.4. The molecule has 180 valence electrons. The molecule has 4 rings (SSSR count). The summed E-state index contributed by atoms with van der Waals surface area (Å²) in [5, 5.41) is 24.2. The summed E-state index contributed by atoms with van der Waals surface area (Å²) in [6, 6.07) is 14.4. The number of hydrogen-bond donors (Lipinski definition) is 4. The first-order valence-corrected chi connectivity index (χ1v) is 11.3. The molecule has 1 atom stereocenters. The van der Waals surface area contributed by atoms with Crippen LogP contribution in [0, 0.1) is 0 Å². The number of aliphatic hydroxyl groups is 1. The predicted octanol–water partition coefficient (Wildman–Crippen LogP) is 2.03. The highest BCUT2D eigenvalue weighted by molar-refractivity contribution is 5.89. The van der Waals surface area contributed by atoms with Gasteiger partial charge in [0.1, 0.15) is 12.6 Å². The highest BCUT2D eigenvalue weighted by atomic mass is 16.5. The van der Waals surface area contributed by atoms with E-state index < -0.39 is 36.0 Å². The van der Waals surface area contributed by atoms with Crippen molar-refractivity contribution in [1.82, 2.24) is 10.6 Å². The Balaban J connectivity index is 1.42. The van der Waals surface area contributed by atoms with E-state index in [0.717, 1.165) is 22.3 Å². The molecule has 2 amide bonds. The van der Waals surface area contributed by atoms with E-state index in [9.17, 15) is 24.6 Å². The molecule has 0 aromatic heterocycles. The summed E-state index contributed by atoms with van der Waals surface area (Å²) in [5.74, 6) is -2.10. The van der Waals surface area contributed by atoms with Crippen LogP contribution in [0.4, 0.5) is 4.79 Å². The van der Waals surface area contributed by atoms with Gasteiger partial charge in [0.15, 0.2) is 0 Å². The molecule has 1 fully saturated rings. The third-order valence-electron chi connectivity index (χ3n) is 6.47. The van der Waals surface area contributed by atoms with Crippen molar-refractivity contribution in [2.45, 2.75) is 36.8 Å². The molecule has 1 aliphatic carbocycles. The minimum Gasteiger partial charge on any atom is -0.481 e. The summed E-state index contributed by atoms with van der Waals surface area (Å²) in [4.78, 5) is 36.8. The Morgan fingerprint density at radius 2 is 1.62 bits per heavy atom. The average Bonchev–Trinajstić information content (AvgIpc) is 3.16. The van der Waals surface area contributed by atoms with Crippen molar-refractivity contribution >= 4 is 18.0 Å². The van der Waals surface area contributed by atoms with Gasteiger partial charge in [0, 0.05) is 19.1 Å². The number of rotatable bonds is 8. The van der Waals surface area contributed by atoms with Crippen molar-refractivity contribution in [2.75, 3.05) is 26.4 Å². The van der Waals surface area contributed by atoms with Crippen LogP contribution < -0.4 is 10.6 Å². The maximum absolute atomic E-state index is 12.8. The number of alkyl carbamates (subject to hydrolysis) is 1. The third-order valence-corrected chi connectivity index (χ3v) is 6.47. The quantitative estimate of drug-likeness (QED) is 0.466. The Bertz CT molecular complexity index is 1020. The number of carboxylic acids is 1. The molecule has 2 aromatic rings. The summed E-state index contributed by atoms with van der Waals surface area (Å²) >= 11 is 0. The number of aliphatic hydroxyl groups excluding tert-OH is 1. The second kappa shape index (κ2) is 10.2. The number of amides is 2. The number of aliphatic carboxylic acids is 1. The second-order valence-electron chi connectivity index (χ2n) is 8.66. The second-order valence-corrected chi connectivity index (χ2v) is 8.66. The van der Waals surface area contributed by atoms with Crippen molar-refractivity contribution in [3.05, 3.63) is 59.7 Å². The van der Waals surface area contributed by atoms with Gasteiger partial charge in [0.2, 0.25) is 5.91 Å². The van der Waals surface area contributed by atoms with Crippen LogP contribution in [0.5, 0.6) is 0 Å². The van der Waals surface area contributed by atoms with Crippen LogP contribution in [-0.4, -0.2) is 66.2 Å². The first-order valence-electron chi connectivity index (χ1n) is 11.3. The van der Waals surface area contributed by atoms with Crippen LogP contribution in [0.3, 0.4) is 0 Å².